The van der Waals surface area contributed by atoms with Crippen LogP contribution in [0.25, 0.3) is 44.2 Å². The molecule has 270 valence electrons. The van der Waals surface area contributed by atoms with Gasteiger partial charge in [-0.15, -0.1) is 0 Å². The molecule has 11 rings (SSSR count). The summed E-state index contributed by atoms with van der Waals surface area (Å²) in [4.78, 5) is 2.45. The van der Waals surface area contributed by atoms with Crippen LogP contribution < -0.4 is 4.90 Å². The molecule has 2 aliphatic carbocycles. The second-order valence-corrected chi connectivity index (χ2v) is 16.1. The second-order valence-electron chi connectivity index (χ2n) is 16.1. The van der Waals surface area contributed by atoms with Gasteiger partial charge in [0.15, 0.2) is 0 Å². The van der Waals surface area contributed by atoms with Crippen molar-refractivity contribution in [3.63, 3.8) is 0 Å². The molecule has 1 nitrogen and oxygen atoms in total. The predicted molar refractivity (Wildman–Crippen MR) is 239 cm³/mol. The van der Waals surface area contributed by atoms with Crippen molar-refractivity contribution in [2.24, 2.45) is 0 Å². The Labute approximate surface area is 335 Å². The van der Waals surface area contributed by atoms with Gasteiger partial charge < -0.3 is 4.90 Å². The first-order valence-corrected chi connectivity index (χ1v) is 20.0. The van der Waals surface area contributed by atoms with E-state index in [9.17, 15) is 0 Å². The highest BCUT2D eigenvalue weighted by Gasteiger charge is 2.46. The van der Waals surface area contributed by atoms with Gasteiger partial charge in [0, 0.05) is 22.4 Å². The van der Waals surface area contributed by atoms with Crippen LogP contribution in [-0.2, 0) is 10.8 Å². The molecule has 2 aliphatic rings. The van der Waals surface area contributed by atoms with Gasteiger partial charge in [-0.2, -0.15) is 0 Å². The van der Waals surface area contributed by atoms with Crippen molar-refractivity contribution < 1.29 is 0 Å². The lowest BCUT2D eigenvalue weighted by Crippen LogP contribution is -2.28. The highest BCUT2D eigenvalue weighted by Crippen LogP contribution is 2.57. The maximum absolute atomic E-state index is 2.45. The van der Waals surface area contributed by atoms with Crippen molar-refractivity contribution in [2.45, 2.75) is 24.7 Å². The molecule has 0 aliphatic heterocycles. The van der Waals surface area contributed by atoms with Crippen LogP contribution in [0, 0.1) is 0 Å². The minimum atomic E-state index is -0.468. The van der Waals surface area contributed by atoms with E-state index in [1.54, 1.807) is 0 Å². The monoisotopic (exact) mass is 727 g/mol. The SMILES string of the molecule is CC1(C)c2cc(N(c3ccccc3)c3ccccc3-c3cccc(C4(c5ccccc5)c5ccccc5-c5ccccc54)c3)ccc2-c2cc3ccccc3cc21. The molecule has 0 atom stereocenters. The van der Waals surface area contributed by atoms with E-state index < -0.39 is 5.41 Å². The van der Waals surface area contributed by atoms with E-state index in [1.807, 2.05) is 0 Å². The molecule has 0 spiro atoms. The van der Waals surface area contributed by atoms with E-state index in [4.69, 9.17) is 0 Å². The minimum Gasteiger partial charge on any atom is -0.310 e. The van der Waals surface area contributed by atoms with Crippen molar-refractivity contribution in [3.8, 4) is 33.4 Å². The summed E-state index contributed by atoms with van der Waals surface area (Å²) in [5, 5.41) is 2.57. The van der Waals surface area contributed by atoms with Gasteiger partial charge >= 0.3 is 0 Å². The fourth-order valence-electron chi connectivity index (χ4n) is 10.1. The number of fused-ring (bicyclic) bond motifs is 7. The zero-order valence-electron chi connectivity index (χ0n) is 32.2. The molecule has 0 heterocycles. The van der Waals surface area contributed by atoms with Crippen LogP contribution in [0.15, 0.2) is 212 Å². The summed E-state index contributed by atoms with van der Waals surface area (Å²) in [5.74, 6) is 0. The van der Waals surface area contributed by atoms with Gasteiger partial charge in [0.25, 0.3) is 0 Å². The van der Waals surface area contributed by atoms with Crippen LogP contribution in [0.4, 0.5) is 17.1 Å². The molecule has 0 unspecified atom stereocenters. The average Bonchev–Trinajstić information content (AvgIpc) is 3.69. The molecule has 0 N–H and O–H groups in total. The number of rotatable bonds is 6. The van der Waals surface area contributed by atoms with E-state index in [1.165, 1.54) is 77.5 Å². The molecule has 0 radical (unpaired) electrons. The molecule has 0 bridgehead atoms. The Balaban J connectivity index is 1.10. The van der Waals surface area contributed by atoms with Crippen molar-refractivity contribution in [2.75, 3.05) is 4.90 Å². The predicted octanol–water partition coefficient (Wildman–Crippen LogP) is 14.6. The number of para-hydroxylation sites is 2. The van der Waals surface area contributed by atoms with Gasteiger partial charge in [0.2, 0.25) is 0 Å². The molecule has 9 aromatic rings. The van der Waals surface area contributed by atoms with E-state index in [2.05, 4.69) is 231 Å². The highest BCUT2D eigenvalue weighted by molar-refractivity contribution is 5.96. The number of benzene rings is 9. The number of hydrogen-bond acceptors (Lipinski definition) is 1. The normalized spacial score (nSPS) is 14.1. The Morgan fingerprint density at radius 3 is 1.60 bits per heavy atom. The van der Waals surface area contributed by atoms with Crippen LogP contribution in [-0.4, -0.2) is 0 Å². The van der Waals surface area contributed by atoms with E-state index in [0.717, 1.165) is 17.1 Å². The minimum absolute atomic E-state index is 0.152. The maximum Gasteiger partial charge on any atom is 0.0713 e. The summed E-state index contributed by atoms with van der Waals surface area (Å²) >= 11 is 0. The number of nitrogens with zero attached hydrogens (tertiary/aromatic N) is 1. The maximum atomic E-state index is 2.45. The average molecular weight is 728 g/mol. The van der Waals surface area contributed by atoms with E-state index in [-0.39, 0.29) is 5.41 Å². The van der Waals surface area contributed by atoms with Gasteiger partial charge in [-0.3, -0.25) is 0 Å². The zero-order valence-corrected chi connectivity index (χ0v) is 32.2. The van der Waals surface area contributed by atoms with E-state index >= 15 is 0 Å². The van der Waals surface area contributed by atoms with Crippen LogP contribution in [0.2, 0.25) is 0 Å². The van der Waals surface area contributed by atoms with Crippen molar-refractivity contribution in [1.82, 2.24) is 0 Å². The van der Waals surface area contributed by atoms with Crippen LogP contribution in [0.3, 0.4) is 0 Å². The fourth-order valence-corrected chi connectivity index (χ4v) is 10.1. The first kappa shape index (κ1) is 33.4. The standard InChI is InChI=1S/C56H41N/c1-55(2)52-36-39-19-10-9-18-38(39)35-49(52)48-33-32-44(37-53(48)55)57(43-24-7-4-8-25-43)54-31-16-13-26-45(54)40-20-17-23-42(34-40)56(41-21-5-3-6-22-41)50-29-14-11-27-46(50)47-28-12-15-30-51(47)56/h3-37H,1-2H3. The summed E-state index contributed by atoms with van der Waals surface area (Å²) < 4.78 is 0. The molecule has 0 fully saturated rings. The third kappa shape index (κ3) is 4.95. The Kier molecular flexibility index (Phi) is 7.50. The van der Waals surface area contributed by atoms with Gasteiger partial charge in [0.05, 0.1) is 11.1 Å². The topological polar surface area (TPSA) is 3.24 Å². The highest BCUT2D eigenvalue weighted by atomic mass is 15.1. The van der Waals surface area contributed by atoms with Crippen LogP contribution in [0.5, 0.6) is 0 Å². The molecular weight excluding hydrogens is 687 g/mol. The fraction of sp³-hybridized carbons (Fsp3) is 0.0714. The first-order chi connectivity index (χ1) is 28.0. The van der Waals surface area contributed by atoms with Gasteiger partial charge in [-0.05, 0) is 121 Å². The third-order valence-electron chi connectivity index (χ3n) is 12.7. The Morgan fingerprint density at radius 1 is 0.333 bits per heavy atom. The quantitative estimate of drug-likeness (QED) is 0.165. The smallest absolute Gasteiger partial charge is 0.0713 e. The lowest BCUT2D eigenvalue weighted by atomic mass is 9.67. The van der Waals surface area contributed by atoms with Crippen LogP contribution in [0.1, 0.15) is 47.2 Å². The molecule has 1 heteroatoms. The summed E-state index contributed by atoms with van der Waals surface area (Å²) in [7, 11) is 0. The molecule has 0 saturated heterocycles. The number of hydrogen-bond donors (Lipinski definition) is 0. The van der Waals surface area contributed by atoms with E-state index in [0.29, 0.717) is 0 Å². The van der Waals surface area contributed by atoms with Gasteiger partial charge in [-0.25, -0.2) is 0 Å². The third-order valence-corrected chi connectivity index (χ3v) is 12.7. The molecule has 9 aromatic carbocycles. The van der Waals surface area contributed by atoms with Crippen molar-refractivity contribution >= 4 is 27.8 Å². The van der Waals surface area contributed by atoms with Gasteiger partial charge in [0.1, 0.15) is 0 Å². The first-order valence-electron chi connectivity index (χ1n) is 20.0. The van der Waals surface area contributed by atoms with Crippen molar-refractivity contribution in [1.29, 1.82) is 0 Å². The Hall–Kier alpha value is -6.96. The zero-order chi connectivity index (χ0) is 38.1. The molecular formula is C56H41N. The molecule has 0 aromatic heterocycles. The summed E-state index contributed by atoms with van der Waals surface area (Å²) in [6.07, 6.45) is 0. The lowest BCUT2D eigenvalue weighted by molar-refractivity contribution is 0.661. The molecule has 0 saturated carbocycles. The summed E-state index contributed by atoms with van der Waals surface area (Å²) in [5.41, 5.74) is 18.3. The Bertz CT molecular complexity index is 2950. The largest absolute Gasteiger partial charge is 0.310 e. The Morgan fingerprint density at radius 2 is 0.877 bits per heavy atom. The van der Waals surface area contributed by atoms with Gasteiger partial charge in [-0.1, -0.05) is 178 Å². The second kappa shape index (κ2) is 12.8. The number of anilines is 3. The van der Waals surface area contributed by atoms with Crippen molar-refractivity contribution in [3.05, 3.63) is 246 Å². The molecule has 57 heavy (non-hydrogen) atoms. The summed E-state index contributed by atoms with van der Waals surface area (Å²) in [6.45, 7) is 4.76. The van der Waals surface area contributed by atoms with Crippen LogP contribution >= 0.6 is 0 Å². The molecule has 0 amide bonds. The summed E-state index contributed by atoms with van der Waals surface area (Å²) in [6, 6.07) is 78.7. The lowest BCUT2D eigenvalue weighted by Gasteiger charge is -2.34.